The quantitative estimate of drug-likeness (QED) is 0.324. The zero-order chi connectivity index (χ0) is 9.68. The molecule has 0 amide bonds. The lowest BCUT2D eigenvalue weighted by molar-refractivity contribution is -0.135. The predicted molar refractivity (Wildman–Crippen MR) is 48.3 cm³/mol. The van der Waals surface area contributed by atoms with Crippen molar-refractivity contribution in [2.45, 2.75) is 19.0 Å². The van der Waals surface area contributed by atoms with Crippen LogP contribution in [0.15, 0.2) is 4.99 Å². The lowest BCUT2D eigenvalue weighted by atomic mass is 10.3. The number of carboxylic acids is 1. The average molecular weight is 186 g/mol. The summed E-state index contributed by atoms with van der Waals surface area (Å²) in [5.74, 6) is -0.800. The molecule has 1 saturated heterocycles. The van der Waals surface area contributed by atoms with Crippen LogP contribution in [-0.4, -0.2) is 36.3 Å². The Kier molecular flexibility index (Phi) is 3.51. The molecule has 0 aromatic rings. The molecule has 1 atom stereocenters. The number of rotatable bonds is 3. The first kappa shape index (κ1) is 9.79. The fraction of sp³-hybridized carbons (Fsp3) is 0.714. The van der Waals surface area contributed by atoms with Gasteiger partial charge in [-0.2, -0.15) is 0 Å². The SMILES string of the molecule is NC(=NCC(=O)O)NC1CCCN1. The minimum absolute atomic E-state index is 0.137. The lowest BCUT2D eigenvalue weighted by Gasteiger charge is -2.12. The van der Waals surface area contributed by atoms with E-state index in [1.807, 2.05) is 0 Å². The molecular formula is C7H14N4O2. The Morgan fingerprint density at radius 1 is 1.77 bits per heavy atom. The molecular weight excluding hydrogens is 172 g/mol. The monoisotopic (exact) mass is 186 g/mol. The molecule has 0 aromatic heterocycles. The third kappa shape index (κ3) is 3.75. The number of carbonyl (C=O) groups is 1. The van der Waals surface area contributed by atoms with Gasteiger partial charge in [0.1, 0.15) is 6.54 Å². The highest BCUT2D eigenvalue weighted by Crippen LogP contribution is 2.00. The van der Waals surface area contributed by atoms with Crippen LogP contribution >= 0.6 is 0 Å². The van der Waals surface area contributed by atoms with E-state index in [1.54, 1.807) is 0 Å². The summed E-state index contributed by atoms with van der Waals surface area (Å²) in [6.45, 7) is 0.676. The maximum absolute atomic E-state index is 10.1. The maximum atomic E-state index is 10.1. The number of carboxylic acid groups (broad SMARTS) is 1. The molecule has 6 nitrogen and oxygen atoms in total. The van der Waals surface area contributed by atoms with E-state index in [2.05, 4.69) is 15.6 Å². The molecule has 1 unspecified atom stereocenters. The van der Waals surface area contributed by atoms with Crippen molar-refractivity contribution in [3.63, 3.8) is 0 Å². The molecule has 13 heavy (non-hydrogen) atoms. The third-order valence-corrected chi connectivity index (χ3v) is 1.77. The average Bonchev–Trinajstić information content (AvgIpc) is 2.53. The van der Waals surface area contributed by atoms with Crippen molar-refractivity contribution < 1.29 is 9.90 Å². The highest BCUT2D eigenvalue weighted by atomic mass is 16.4. The second-order valence-corrected chi connectivity index (χ2v) is 2.89. The number of aliphatic imine (C=N–C) groups is 1. The molecule has 6 heteroatoms. The highest BCUT2D eigenvalue weighted by molar-refractivity contribution is 5.81. The molecule has 0 bridgehead atoms. The van der Waals surface area contributed by atoms with Crippen LogP contribution in [0.1, 0.15) is 12.8 Å². The van der Waals surface area contributed by atoms with Gasteiger partial charge in [-0.1, -0.05) is 0 Å². The summed E-state index contributed by atoms with van der Waals surface area (Å²) in [5, 5.41) is 14.4. The summed E-state index contributed by atoms with van der Waals surface area (Å²) in [6, 6.07) is 0. The van der Waals surface area contributed by atoms with E-state index in [-0.39, 0.29) is 18.7 Å². The number of nitrogens with zero attached hydrogens (tertiary/aromatic N) is 1. The van der Waals surface area contributed by atoms with Crippen LogP contribution in [0, 0.1) is 0 Å². The van der Waals surface area contributed by atoms with Crippen LogP contribution in [-0.2, 0) is 4.79 Å². The van der Waals surface area contributed by atoms with Gasteiger partial charge in [0.15, 0.2) is 5.96 Å². The molecule has 74 valence electrons. The van der Waals surface area contributed by atoms with E-state index in [9.17, 15) is 4.79 Å². The Hall–Kier alpha value is -1.30. The van der Waals surface area contributed by atoms with Gasteiger partial charge < -0.3 is 16.2 Å². The second kappa shape index (κ2) is 4.66. The van der Waals surface area contributed by atoms with E-state index in [0.29, 0.717) is 0 Å². The molecule has 0 aromatic carbocycles. The van der Waals surface area contributed by atoms with Crippen molar-refractivity contribution in [2.24, 2.45) is 10.7 Å². The summed E-state index contributed by atoms with van der Waals surface area (Å²) in [4.78, 5) is 13.8. The Balaban J connectivity index is 2.26. The Morgan fingerprint density at radius 2 is 2.54 bits per heavy atom. The van der Waals surface area contributed by atoms with Crippen molar-refractivity contribution >= 4 is 11.9 Å². The molecule has 5 N–H and O–H groups in total. The van der Waals surface area contributed by atoms with E-state index >= 15 is 0 Å². The van der Waals surface area contributed by atoms with E-state index in [0.717, 1.165) is 19.4 Å². The summed E-state index contributed by atoms with van der Waals surface area (Å²) >= 11 is 0. The number of hydrogen-bond acceptors (Lipinski definition) is 3. The number of guanidine groups is 1. The second-order valence-electron chi connectivity index (χ2n) is 2.89. The van der Waals surface area contributed by atoms with Gasteiger partial charge in [0.2, 0.25) is 0 Å². The van der Waals surface area contributed by atoms with E-state index < -0.39 is 5.97 Å². The minimum atomic E-state index is -0.982. The number of aliphatic carboxylic acids is 1. The van der Waals surface area contributed by atoms with Crippen molar-refractivity contribution in [3.05, 3.63) is 0 Å². The number of nitrogens with two attached hydrogens (primary N) is 1. The molecule has 0 radical (unpaired) electrons. The van der Waals surface area contributed by atoms with Crippen LogP contribution in [0.25, 0.3) is 0 Å². The van der Waals surface area contributed by atoms with Crippen LogP contribution in [0.2, 0.25) is 0 Å². The van der Waals surface area contributed by atoms with Gasteiger partial charge in [0.05, 0.1) is 6.17 Å². The largest absolute Gasteiger partial charge is 0.480 e. The summed E-state index contributed by atoms with van der Waals surface area (Å²) in [6.07, 6.45) is 2.23. The van der Waals surface area contributed by atoms with Gasteiger partial charge in [0.25, 0.3) is 0 Å². The van der Waals surface area contributed by atoms with Crippen molar-refractivity contribution in [1.82, 2.24) is 10.6 Å². The van der Waals surface area contributed by atoms with Gasteiger partial charge in [-0.25, -0.2) is 4.99 Å². The van der Waals surface area contributed by atoms with Crippen LogP contribution in [0.4, 0.5) is 0 Å². The molecule has 0 aliphatic carbocycles. The fourth-order valence-corrected chi connectivity index (χ4v) is 1.18. The number of nitrogens with one attached hydrogen (secondary N) is 2. The number of hydrogen-bond donors (Lipinski definition) is 4. The maximum Gasteiger partial charge on any atom is 0.325 e. The van der Waals surface area contributed by atoms with Crippen LogP contribution < -0.4 is 16.4 Å². The normalized spacial score (nSPS) is 23.1. The Morgan fingerprint density at radius 3 is 3.08 bits per heavy atom. The van der Waals surface area contributed by atoms with Crippen molar-refractivity contribution in [3.8, 4) is 0 Å². The van der Waals surface area contributed by atoms with Gasteiger partial charge in [0, 0.05) is 0 Å². The molecule has 1 heterocycles. The molecule has 1 fully saturated rings. The zero-order valence-electron chi connectivity index (χ0n) is 7.29. The minimum Gasteiger partial charge on any atom is -0.480 e. The smallest absolute Gasteiger partial charge is 0.325 e. The first-order chi connectivity index (χ1) is 6.18. The molecule has 1 aliphatic rings. The van der Waals surface area contributed by atoms with Gasteiger partial charge >= 0.3 is 5.97 Å². The highest BCUT2D eigenvalue weighted by Gasteiger charge is 2.13. The molecule has 0 spiro atoms. The standard InChI is InChI=1S/C7H14N4O2/c8-7(10-4-6(12)13)11-5-2-1-3-9-5/h5,9H,1-4H2,(H,12,13)(H3,8,10,11). The topological polar surface area (TPSA) is 99.7 Å². The zero-order valence-corrected chi connectivity index (χ0v) is 7.29. The lowest BCUT2D eigenvalue weighted by Crippen LogP contribution is -2.45. The fourth-order valence-electron chi connectivity index (χ4n) is 1.18. The van der Waals surface area contributed by atoms with Crippen LogP contribution in [0.5, 0.6) is 0 Å². The molecule has 0 saturated carbocycles. The summed E-state index contributed by atoms with van der Waals surface area (Å²) in [7, 11) is 0. The van der Waals surface area contributed by atoms with E-state index in [1.165, 1.54) is 0 Å². The van der Waals surface area contributed by atoms with Crippen molar-refractivity contribution in [2.75, 3.05) is 13.1 Å². The first-order valence-electron chi connectivity index (χ1n) is 4.20. The summed E-state index contributed by atoms with van der Waals surface area (Å²) < 4.78 is 0. The predicted octanol–water partition coefficient (Wildman–Crippen LogP) is -1.32. The summed E-state index contributed by atoms with van der Waals surface area (Å²) in [5.41, 5.74) is 5.44. The first-order valence-corrected chi connectivity index (χ1v) is 4.20. The van der Waals surface area contributed by atoms with Crippen molar-refractivity contribution in [1.29, 1.82) is 0 Å². The van der Waals surface area contributed by atoms with Gasteiger partial charge in [-0.05, 0) is 19.4 Å². The van der Waals surface area contributed by atoms with Crippen LogP contribution in [0.3, 0.4) is 0 Å². The molecule has 1 rings (SSSR count). The Labute approximate surface area is 76.2 Å². The van der Waals surface area contributed by atoms with Gasteiger partial charge in [-0.3, -0.25) is 10.1 Å². The third-order valence-electron chi connectivity index (χ3n) is 1.77. The van der Waals surface area contributed by atoms with Gasteiger partial charge in [-0.15, -0.1) is 0 Å². The van der Waals surface area contributed by atoms with E-state index in [4.69, 9.17) is 10.8 Å². The Bertz CT molecular complexity index is 211. The molecule has 1 aliphatic heterocycles.